The van der Waals surface area contributed by atoms with Crippen molar-refractivity contribution in [3.05, 3.63) is 70.9 Å². The van der Waals surface area contributed by atoms with Crippen molar-refractivity contribution in [2.24, 2.45) is 0 Å². The number of aromatic nitrogens is 2. The Bertz CT molecular complexity index is 863. The molecule has 2 aromatic carbocycles. The molecule has 0 aliphatic carbocycles. The highest BCUT2D eigenvalue weighted by atomic mass is 35.5. The predicted octanol–water partition coefficient (Wildman–Crippen LogP) is 4.68. The van der Waals surface area contributed by atoms with Crippen molar-refractivity contribution in [1.82, 2.24) is 10.2 Å². The summed E-state index contributed by atoms with van der Waals surface area (Å²) in [5.74, 6) is -0.902. The molecule has 3 aromatic rings. The highest BCUT2D eigenvalue weighted by molar-refractivity contribution is 5.87. The molecule has 0 radical (unpaired) electrons. The van der Waals surface area contributed by atoms with Gasteiger partial charge in [0.2, 0.25) is 0 Å². The molecule has 0 saturated heterocycles. The molecule has 1 N–H and O–H groups in total. The van der Waals surface area contributed by atoms with Gasteiger partial charge in [-0.05, 0) is 48.6 Å². The van der Waals surface area contributed by atoms with Crippen molar-refractivity contribution in [1.29, 1.82) is 0 Å². The Hall–Kier alpha value is -2.46. The molecular formula is C20H21ClN2O2. The van der Waals surface area contributed by atoms with Crippen molar-refractivity contribution < 1.29 is 9.90 Å². The predicted molar refractivity (Wildman–Crippen MR) is 102 cm³/mol. The standard InChI is InChI=1S/C20H20N2O2.ClH/c1-2-3-7-19-17(16-6-4-5-8-18(16)21-22-19)13-14-9-11-15(12-10-14)20(23)24;/h4-6,8-12H,2-3,7,13H2,1H3,(H,23,24);1H. The number of aromatic carboxylic acids is 1. The molecule has 3 rings (SSSR count). The summed E-state index contributed by atoms with van der Waals surface area (Å²) in [6.07, 6.45) is 3.84. The highest BCUT2D eigenvalue weighted by Gasteiger charge is 2.11. The van der Waals surface area contributed by atoms with Crippen LogP contribution in [-0.4, -0.2) is 21.3 Å². The van der Waals surface area contributed by atoms with E-state index in [1.165, 1.54) is 5.56 Å². The van der Waals surface area contributed by atoms with Gasteiger partial charge in [-0.1, -0.05) is 43.7 Å². The van der Waals surface area contributed by atoms with Gasteiger partial charge in [-0.25, -0.2) is 4.79 Å². The maximum Gasteiger partial charge on any atom is 0.335 e. The maximum absolute atomic E-state index is 11.0. The van der Waals surface area contributed by atoms with Crippen LogP contribution in [0.5, 0.6) is 0 Å². The molecule has 0 aliphatic heterocycles. The molecular weight excluding hydrogens is 336 g/mol. The zero-order valence-corrected chi connectivity index (χ0v) is 14.9. The van der Waals surface area contributed by atoms with E-state index >= 15 is 0 Å². The van der Waals surface area contributed by atoms with Gasteiger partial charge in [-0.2, -0.15) is 10.2 Å². The lowest BCUT2D eigenvalue weighted by atomic mass is 9.96. The minimum atomic E-state index is -0.902. The van der Waals surface area contributed by atoms with Crippen LogP contribution in [0.4, 0.5) is 0 Å². The summed E-state index contributed by atoms with van der Waals surface area (Å²) < 4.78 is 0. The smallest absolute Gasteiger partial charge is 0.335 e. The SMILES string of the molecule is CCCCc1nnc2ccccc2c1Cc1ccc(C(=O)O)cc1.Cl. The highest BCUT2D eigenvalue weighted by Crippen LogP contribution is 2.23. The van der Waals surface area contributed by atoms with E-state index in [0.717, 1.165) is 47.8 Å². The van der Waals surface area contributed by atoms with Gasteiger partial charge in [0.15, 0.2) is 0 Å². The van der Waals surface area contributed by atoms with Crippen LogP contribution in [0.1, 0.15) is 46.9 Å². The average molecular weight is 357 g/mol. The van der Waals surface area contributed by atoms with Crippen molar-refractivity contribution in [3.8, 4) is 0 Å². The molecule has 0 aliphatic rings. The largest absolute Gasteiger partial charge is 0.478 e. The number of benzene rings is 2. The normalized spacial score (nSPS) is 10.4. The second-order valence-corrected chi connectivity index (χ2v) is 5.92. The number of aryl methyl sites for hydroxylation is 1. The Labute approximate surface area is 153 Å². The van der Waals surface area contributed by atoms with Crippen LogP contribution in [0.2, 0.25) is 0 Å². The van der Waals surface area contributed by atoms with E-state index in [0.29, 0.717) is 5.56 Å². The summed E-state index contributed by atoms with van der Waals surface area (Å²) in [7, 11) is 0. The van der Waals surface area contributed by atoms with E-state index in [1.54, 1.807) is 12.1 Å². The first-order chi connectivity index (χ1) is 11.7. The number of fused-ring (bicyclic) bond motifs is 1. The fourth-order valence-corrected chi connectivity index (χ4v) is 2.86. The van der Waals surface area contributed by atoms with Crippen LogP contribution < -0.4 is 0 Å². The zero-order chi connectivity index (χ0) is 16.9. The van der Waals surface area contributed by atoms with Gasteiger partial charge < -0.3 is 5.11 Å². The van der Waals surface area contributed by atoms with E-state index in [2.05, 4.69) is 23.2 Å². The number of carbonyl (C=O) groups is 1. The Morgan fingerprint density at radius 3 is 2.44 bits per heavy atom. The van der Waals surface area contributed by atoms with Crippen molar-refractivity contribution >= 4 is 29.3 Å². The molecule has 130 valence electrons. The molecule has 0 amide bonds. The quantitative estimate of drug-likeness (QED) is 0.696. The fraction of sp³-hybridized carbons (Fsp3) is 0.250. The summed E-state index contributed by atoms with van der Waals surface area (Å²) in [4.78, 5) is 11.0. The molecule has 1 heterocycles. The van der Waals surface area contributed by atoms with Gasteiger partial charge in [0.1, 0.15) is 0 Å². The molecule has 0 saturated carbocycles. The minimum Gasteiger partial charge on any atom is -0.478 e. The second kappa shape index (κ2) is 8.58. The number of unbranched alkanes of at least 4 members (excludes halogenated alkanes) is 1. The van der Waals surface area contributed by atoms with Crippen molar-refractivity contribution in [2.45, 2.75) is 32.6 Å². The van der Waals surface area contributed by atoms with Crippen LogP contribution in [-0.2, 0) is 12.8 Å². The average Bonchev–Trinajstić information content (AvgIpc) is 2.61. The summed E-state index contributed by atoms with van der Waals surface area (Å²) in [6.45, 7) is 2.17. The molecule has 0 fully saturated rings. The summed E-state index contributed by atoms with van der Waals surface area (Å²) >= 11 is 0. The monoisotopic (exact) mass is 356 g/mol. The lowest BCUT2D eigenvalue weighted by Gasteiger charge is -2.11. The fourth-order valence-electron chi connectivity index (χ4n) is 2.86. The molecule has 0 spiro atoms. The molecule has 0 atom stereocenters. The Kier molecular flexibility index (Phi) is 6.48. The third-order valence-electron chi connectivity index (χ3n) is 4.20. The minimum absolute atomic E-state index is 0. The molecule has 4 nitrogen and oxygen atoms in total. The number of rotatable bonds is 6. The van der Waals surface area contributed by atoms with Gasteiger partial charge in [-0.15, -0.1) is 12.4 Å². The number of nitrogens with zero attached hydrogens (tertiary/aromatic N) is 2. The number of hydrogen-bond donors (Lipinski definition) is 1. The van der Waals surface area contributed by atoms with E-state index in [9.17, 15) is 4.79 Å². The Morgan fingerprint density at radius 2 is 1.76 bits per heavy atom. The van der Waals surface area contributed by atoms with Crippen LogP contribution in [0, 0.1) is 0 Å². The van der Waals surface area contributed by atoms with E-state index in [-0.39, 0.29) is 12.4 Å². The first-order valence-corrected chi connectivity index (χ1v) is 8.24. The lowest BCUT2D eigenvalue weighted by Crippen LogP contribution is -2.04. The number of hydrogen-bond acceptors (Lipinski definition) is 3. The Morgan fingerprint density at radius 1 is 1.04 bits per heavy atom. The van der Waals surface area contributed by atoms with E-state index < -0.39 is 5.97 Å². The van der Waals surface area contributed by atoms with Gasteiger partial charge in [-0.3, -0.25) is 0 Å². The summed E-state index contributed by atoms with van der Waals surface area (Å²) in [6, 6.07) is 15.1. The first-order valence-electron chi connectivity index (χ1n) is 8.24. The molecule has 0 unspecified atom stereocenters. The van der Waals surface area contributed by atoms with Gasteiger partial charge in [0, 0.05) is 5.39 Å². The van der Waals surface area contributed by atoms with Crippen LogP contribution in [0.3, 0.4) is 0 Å². The van der Waals surface area contributed by atoms with Crippen LogP contribution in [0.15, 0.2) is 48.5 Å². The van der Waals surface area contributed by atoms with Crippen LogP contribution in [0.25, 0.3) is 10.9 Å². The molecule has 1 aromatic heterocycles. The summed E-state index contributed by atoms with van der Waals surface area (Å²) in [5.41, 5.74) is 4.52. The first kappa shape index (κ1) is 18.9. The van der Waals surface area contributed by atoms with Gasteiger partial charge in [0.05, 0.1) is 16.8 Å². The number of carboxylic acid groups (broad SMARTS) is 1. The number of halogens is 1. The molecule has 0 bridgehead atoms. The van der Waals surface area contributed by atoms with Gasteiger partial charge in [0.25, 0.3) is 0 Å². The third kappa shape index (κ3) is 4.34. The Balaban J connectivity index is 0.00000225. The maximum atomic E-state index is 11.0. The number of carboxylic acids is 1. The molecule has 25 heavy (non-hydrogen) atoms. The molecule has 5 heteroatoms. The van der Waals surface area contributed by atoms with Crippen molar-refractivity contribution in [2.75, 3.05) is 0 Å². The third-order valence-corrected chi connectivity index (χ3v) is 4.20. The van der Waals surface area contributed by atoms with Crippen LogP contribution >= 0.6 is 12.4 Å². The van der Waals surface area contributed by atoms with Crippen molar-refractivity contribution in [3.63, 3.8) is 0 Å². The second-order valence-electron chi connectivity index (χ2n) is 5.92. The topological polar surface area (TPSA) is 63.1 Å². The van der Waals surface area contributed by atoms with Gasteiger partial charge >= 0.3 is 5.97 Å². The van der Waals surface area contributed by atoms with E-state index in [1.807, 2.05) is 30.3 Å². The lowest BCUT2D eigenvalue weighted by molar-refractivity contribution is 0.0697. The summed E-state index contributed by atoms with van der Waals surface area (Å²) in [5, 5.41) is 18.9. The zero-order valence-electron chi connectivity index (χ0n) is 14.1. The van der Waals surface area contributed by atoms with E-state index in [4.69, 9.17) is 5.11 Å².